The molecular weight excluding hydrogens is 530 g/mol. The molecule has 3 aromatic carbocycles. The monoisotopic (exact) mass is 559 g/mol. The Balaban J connectivity index is 1.53. The number of nitrogens with zero attached hydrogens (tertiary/aromatic N) is 3. The minimum absolute atomic E-state index is 0.218. The van der Waals surface area contributed by atoms with E-state index >= 15 is 0 Å². The van der Waals surface area contributed by atoms with Gasteiger partial charge in [0.25, 0.3) is 5.91 Å². The van der Waals surface area contributed by atoms with Gasteiger partial charge < -0.3 is 15.4 Å². The number of hydrogen-bond donors (Lipinski definition) is 2. The summed E-state index contributed by atoms with van der Waals surface area (Å²) in [5.74, 6) is 1.98. The van der Waals surface area contributed by atoms with E-state index in [1.165, 1.54) is 0 Å². The van der Waals surface area contributed by atoms with Crippen LogP contribution in [0.5, 0.6) is 5.75 Å². The normalized spacial score (nSPS) is 14.5. The number of unbranched alkanes of at least 4 members (excludes halogenated alkanes) is 1. The molecule has 0 radical (unpaired) electrons. The second-order valence-corrected chi connectivity index (χ2v) is 10.7. The lowest BCUT2D eigenvalue weighted by Gasteiger charge is -2.29. The van der Waals surface area contributed by atoms with Gasteiger partial charge in [0.15, 0.2) is 0 Å². The molecule has 0 saturated heterocycles. The first-order valence-corrected chi connectivity index (χ1v) is 14.3. The smallest absolute Gasteiger partial charge is 0.255 e. The van der Waals surface area contributed by atoms with Crippen molar-refractivity contribution in [3.05, 3.63) is 106 Å². The highest BCUT2D eigenvalue weighted by molar-refractivity contribution is 7.99. The molecule has 200 valence electrons. The van der Waals surface area contributed by atoms with Crippen molar-refractivity contribution in [3.63, 3.8) is 0 Å². The zero-order chi connectivity index (χ0) is 27.2. The molecule has 1 amide bonds. The summed E-state index contributed by atoms with van der Waals surface area (Å²) < 4.78 is 8.11. The number of rotatable bonds is 10. The number of ether oxygens (including phenoxy) is 1. The first kappa shape index (κ1) is 26.8. The summed E-state index contributed by atoms with van der Waals surface area (Å²) >= 11 is 7.67. The lowest BCUT2D eigenvalue weighted by atomic mass is 9.94. The average Bonchev–Trinajstić information content (AvgIpc) is 3.35. The maximum Gasteiger partial charge on any atom is 0.255 e. The summed E-state index contributed by atoms with van der Waals surface area (Å²) in [6.45, 7) is 4.41. The Labute approximate surface area is 237 Å². The largest absolute Gasteiger partial charge is 0.489 e. The third-order valence-corrected chi connectivity index (χ3v) is 7.54. The number of amides is 1. The van der Waals surface area contributed by atoms with Crippen molar-refractivity contribution in [2.75, 3.05) is 16.4 Å². The Bertz CT molecular complexity index is 1470. The van der Waals surface area contributed by atoms with Gasteiger partial charge in [-0.1, -0.05) is 85.2 Å². The fourth-order valence-corrected chi connectivity index (χ4v) is 5.42. The number of benzene rings is 3. The molecule has 5 rings (SSSR count). The molecule has 2 N–H and O–H groups in total. The highest BCUT2D eigenvalue weighted by Crippen LogP contribution is 2.40. The van der Waals surface area contributed by atoms with Crippen LogP contribution in [0.25, 0.3) is 0 Å². The highest BCUT2D eigenvalue weighted by atomic mass is 35.5. The van der Waals surface area contributed by atoms with E-state index in [-0.39, 0.29) is 5.91 Å². The van der Waals surface area contributed by atoms with Gasteiger partial charge in [-0.15, -0.1) is 5.10 Å². The Morgan fingerprint density at radius 2 is 1.82 bits per heavy atom. The van der Waals surface area contributed by atoms with Gasteiger partial charge in [-0.3, -0.25) is 4.79 Å². The van der Waals surface area contributed by atoms with Gasteiger partial charge in [-0.05, 0) is 49.2 Å². The molecule has 1 aromatic heterocycles. The molecule has 2 heterocycles. The van der Waals surface area contributed by atoms with Crippen molar-refractivity contribution in [2.45, 2.75) is 44.5 Å². The van der Waals surface area contributed by atoms with E-state index in [1.807, 2.05) is 85.8 Å². The third kappa shape index (κ3) is 6.29. The first-order valence-electron chi connectivity index (χ1n) is 12.9. The molecule has 0 saturated carbocycles. The SMILES string of the molecule is CCCCSc1nc2n(n1)C(c1ccccc1OCc1ccc(Cl)cc1)C(C(=O)Nc1ccccc1)=C(C)N2. The predicted molar refractivity (Wildman–Crippen MR) is 157 cm³/mol. The van der Waals surface area contributed by atoms with Crippen LogP contribution in [0.3, 0.4) is 0 Å². The Morgan fingerprint density at radius 1 is 1.08 bits per heavy atom. The number of thioether (sulfide) groups is 1. The Kier molecular flexibility index (Phi) is 8.54. The van der Waals surface area contributed by atoms with Crippen LogP contribution in [0.15, 0.2) is 95.3 Å². The van der Waals surface area contributed by atoms with Crippen LogP contribution in [-0.4, -0.2) is 26.4 Å². The van der Waals surface area contributed by atoms with Crippen LogP contribution < -0.4 is 15.4 Å². The van der Waals surface area contributed by atoms with Crippen LogP contribution in [-0.2, 0) is 11.4 Å². The second-order valence-electron chi connectivity index (χ2n) is 9.20. The van der Waals surface area contributed by atoms with Crippen LogP contribution >= 0.6 is 23.4 Å². The summed E-state index contributed by atoms with van der Waals surface area (Å²) in [6.07, 6.45) is 2.18. The summed E-state index contributed by atoms with van der Waals surface area (Å²) in [4.78, 5) is 18.5. The van der Waals surface area contributed by atoms with E-state index < -0.39 is 6.04 Å². The molecule has 9 heteroatoms. The molecule has 1 aliphatic heterocycles. The summed E-state index contributed by atoms with van der Waals surface area (Å²) in [5, 5.41) is 12.6. The fourth-order valence-electron chi connectivity index (χ4n) is 4.38. The van der Waals surface area contributed by atoms with E-state index in [1.54, 1.807) is 16.4 Å². The topological polar surface area (TPSA) is 81.1 Å². The zero-order valence-electron chi connectivity index (χ0n) is 21.9. The number of para-hydroxylation sites is 2. The molecule has 0 bridgehead atoms. The summed E-state index contributed by atoms with van der Waals surface area (Å²) in [6, 6.07) is 24.2. The number of fused-ring (bicyclic) bond motifs is 1. The number of carbonyl (C=O) groups excluding carboxylic acids is 1. The van der Waals surface area contributed by atoms with Crippen molar-refractivity contribution < 1.29 is 9.53 Å². The molecule has 0 spiro atoms. The Morgan fingerprint density at radius 3 is 2.59 bits per heavy atom. The molecule has 0 fully saturated rings. The van der Waals surface area contributed by atoms with Crippen molar-refractivity contribution in [2.24, 2.45) is 0 Å². The van der Waals surface area contributed by atoms with Crippen molar-refractivity contribution in [1.29, 1.82) is 0 Å². The minimum atomic E-state index is -0.542. The van der Waals surface area contributed by atoms with Gasteiger partial charge in [-0.25, -0.2) is 4.68 Å². The van der Waals surface area contributed by atoms with Gasteiger partial charge in [0.1, 0.15) is 18.4 Å². The maximum atomic E-state index is 13.8. The summed E-state index contributed by atoms with van der Waals surface area (Å²) in [5.41, 5.74) is 3.79. The molecule has 39 heavy (non-hydrogen) atoms. The maximum absolute atomic E-state index is 13.8. The molecule has 7 nitrogen and oxygen atoms in total. The second kappa shape index (κ2) is 12.4. The minimum Gasteiger partial charge on any atom is -0.489 e. The lowest BCUT2D eigenvalue weighted by Crippen LogP contribution is -2.31. The van der Waals surface area contributed by atoms with Crippen LogP contribution in [0.1, 0.15) is 43.9 Å². The van der Waals surface area contributed by atoms with Gasteiger partial charge >= 0.3 is 0 Å². The van der Waals surface area contributed by atoms with E-state index in [9.17, 15) is 4.79 Å². The average molecular weight is 560 g/mol. The van der Waals surface area contributed by atoms with Crippen LogP contribution in [0, 0.1) is 0 Å². The molecule has 1 aliphatic rings. The van der Waals surface area contributed by atoms with Crippen LogP contribution in [0.4, 0.5) is 11.6 Å². The summed E-state index contributed by atoms with van der Waals surface area (Å²) in [7, 11) is 0. The predicted octanol–water partition coefficient (Wildman–Crippen LogP) is 7.33. The third-order valence-electron chi connectivity index (χ3n) is 6.36. The first-order chi connectivity index (χ1) is 19.0. The number of halogens is 1. The van der Waals surface area contributed by atoms with Gasteiger partial charge in [0.2, 0.25) is 11.1 Å². The van der Waals surface area contributed by atoms with Crippen molar-refractivity contribution >= 4 is 40.9 Å². The molecule has 1 unspecified atom stereocenters. The zero-order valence-corrected chi connectivity index (χ0v) is 23.4. The van der Waals surface area contributed by atoms with Crippen molar-refractivity contribution in [1.82, 2.24) is 14.8 Å². The number of nitrogens with one attached hydrogen (secondary N) is 2. The number of hydrogen-bond acceptors (Lipinski definition) is 6. The van der Waals surface area contributed by atoms with Crippen molar-refractivity contribution in [3.8, 4) is 5.75 Å². The number of carbonyl (C=O) groups is 1. The Hall–Kier alpha value is -3.75. The van der Waals surface area contributed by atoms with Gasteiger partial charge in [0.05, 0.1) is 5.57 Å². The molecule has 1 atom stereocenters. The van der Waals surface area contributed by atoms with Gasteiger partial charge in [0, 0.05) is 27.7 Å². The number of aromatic nitrogens is 3. The molecular formula is C30H30ClN5O2S. The van der Waals surface area contributed by atoms with Gasteiger partial charge in [-0.2, -0.15) is 4.98 Å². The number of allylic oxidation sites excluding steroid dienone is 1. The molecule has 0 aliphatic carbocycles. The quantitative estimate of drug-likeness (QED) is 0.156. The van der Waals surface area contributed by atoms with E-state index in [0.717, 1.165) is 29.7 Å². The fraction of sp³-hybridized carbons (Fsp3) is 0.233. The van der Waals surface area contributed by atoms with Crippen LogP contribution in [0.2, 0.25) is 5.02 Å². The van der Waals surface area contributed by atoms with E-state index in [4.69, 9.17) is 26.4 Å². The standard InChI is InChI=1S/C30H30ClN5O2S/c1-3-4-18-39-30-34-29-32-20(2)26(28(37)33-23-10-6-5-7-11-23)27(36(29)35-30)24-12-8-9-13-25(24)38-19-21-14-16-22(31)17-15-21/h5-17,27H,3-4,18-19H2,1-2H3,(H,33,37)(H,32,34,35). The molecule has 4 aromatic rings. The van der Waals surface area contributed by atoms with E-state index in [2.05, 4.69) is 17.6 Å². The number of anilines is 2. The lowest BCUT2D eigenvalue weighted by molar-refractivity contribution is -0.113. The highest BCUT2D eigenvalue weighted by Gasteiger charge is 2.36. The van der Waals surface area contributed by atoms with E-state index in [0.29, 0.717) is 45.4 Å².